The average Bonchev–Trinajstić information content (AvgIpc) is 3.64. The van der Waals surface area contributed by atoms with Crippen molar-refractivity contribution in [3.63, 3.8) is 0 Å². The number of methoxy groups -OCH3 is 1. The van der Waals surface area contributed by atoms with Crippen LogP contribution in [-0.4, -0.2) is 128 Å². The minimum Gasteiger partial charge on any atom is -0.494 e. The van der Waals surface area contributed by atoms with Crippen LogP contribution >= 0.6 is 19.2 Å². The van der Waals surface area contributed by atoms with E-state index in [1.807, 2.05) is 35.2 Å². The molecule has 8 rings (SSSR count). The molecule has 0 saturated carbocycles. The first kappa shape index (κ1) is 44.8. The van der Waals surface area contributed by atoms with Crippen molar-refractivity contribution in [3.05, 3.63) is 83.0 Å². The fraction of sp³-hybridized carbons (Fsp3) is 0.409. The van der Waals surface area contributed by atoms with Crippen LogP contribution < -0.4 is 36.2 Å². The quantitative estimate of drug-likeness (QED) is 0.0905. The van der Waals surface area contributed by atoms with Gasteiger partial charge >= 0.3 is 7.60 Å². The molecule has 1 aromatic heterocycles. The van der Waals surface area contributed by atoms with Gasteiger partial charge in [0.25, 0.3) is 5.91 Å². The number of nitrogens with one attached hydrogen (secondary N) is 4. The van der Waals surface area contributed by atoms with Gasteiger partial charge in [-0.2, -0.15) is 4.98 Å². The molecular formula is C44H52ClN10O8P. The molecule has 3 fully saturated rings. The van der Waals surface area contributed by atoms with Crippen molar-refractivity contribution in [2.24, 2.45) is 0 Å². The number of halogens is 1. The van der Waals surface area contributed by atoms with Gasteiger partial charge in [0.2, 0.25) is 23.7 Å². The zero-order chi connectivity index (χ0) is 45.0. The first-order valence-corrected chi connectivity index (χ1v) is 23.2. The van der Waals surface area contributed by atoms with Crippen molar-refractivity contribution < 1.29 is 37.5 Å². The van der Waals surface area contributed by atoms with Gasteiger partial charge in [0.05, 0.1) is 30.0 Å². The van der Waals surface area contributed by atoms with Gasteiger partial charge in [0.1, 0.15) is 16.8 Å². The monoisotopic (exact) mass is 914 g/mol. The molecule has 0 bridgehead atoms. The molecular weight excluding hydrogens is 863 g/mol. The lowest BCUT2D eigenvalue weighted by atomic mass is 10.0. The number of imide groups is 1. The first-order chi connectivity index (χ1) is 31.0. The molecule has 5 heterocycles. The van der Waals surface area contributed by atoms with E-state index in [9.17, 15) is 23.7 Å². The van der Waals surface area contributed by atoms with Crippen molar-refractivity contribution in [2.45, 2.75) is 50.7 Å². The molecule has 1 unspecified atom stereocenters. The van der Waals surface area contributed by atoms with Crippen LogP contribution in [0.25, 0.3) is 0 Å². The average molecular weight is 915 g/mol. The Hall–Kier alpha value is -5.78. The highest BCUT2D eigenvalue weighted by Crippen LogP contribution is 2.47. The number of nitrogens with zero attached hydrogens (tertiary/aromatic N) is 6. The van der Waals surface area contributed by atoms with E-state index in [0.29, 0.717) is 78.9 Å². The third kappa shape index (κ3) is 9.66. The topological polar surface area (TPSA) is 200 Å². The molecule has 3 saturated heterocycles. The van der Waals surface area contributed by atoms with Gasteiger partial charge in [-0.05, 0) is 67.3 Å². The Morgan fingerprint density at radius 3 is 2.41 bits per heavy atom. The second kappa shape index (κ2) is 19.5. The van der Waals surface area contributed by atoms with Crippen molar-refractivity contribution in [3.8, 4) is 5.75 Å². The number of piperazine rings is 1. The summed E-state index contributed by atoms with van der Waals surface area (Å²) in [5.41, 5.74) is 4.36. The SMILES string of the molecule is COc1cc(N2CCC(N3CCN(C(=O)CCNc4ccc5c(c4)CN(C4CCC(=O)NC4=O)C5=O)CC3)CC2)ccc1Nc1ncc(Cl)c(Nc2ccccc2P(=O)(OC)OC)n1. The molecule has 0 spiro atoms. The summed E-state index contributed by atoms with van der Waals surface area (Å²) in [7, 11) is 0.699. The Morgan fingerprint density at radius 1 is 0.906 bits per heavy atom. The molecule has 0 aliphatic carbocycles. The number of amides is 4. The van der Waals surface area contributed by atoms with E-state index in [0.717, 1.165) is 56.0 Å². The van der Waals surface area contributed by atoms with Gasteiger partial charge in [-0.15, -0.1) is 0 Å². The summed E-state index contributed by atoms with van der Waals surface area (Å²) in [5, 5.41) is 12.6. The van der Waals surface area contributed by atoms with E-state index in [1.54, 1.807) is 37.4 Å². The molecule has 0 radical (unpaired) electrons. The fourth-order valence-electron chi connectivity index (χ4n) is 8.81. The van der Waals surface area contributed by atoms with E-state index >= 15 is 0 Å². The zero-order valence-electron chi connectivity index (χ0n) is 36.0. The molecule has 4 N–H and O–H groups in total. The van der Waals surface area contributed by atoms with Crippen LogP contribution in [0.4, 0.5) is 34.5 Å². The third-order valence-corrected chi connectivity index (χ3v) is 14.5. The molecule has 64 heavy (non-hydrogen) atoms. The standard InChI is InChI=1S/C44H52ClN10O8P/c1-61-37-25-31(9-11-34(37)49-44-47-26-33(45)41(51-44)48-35-6-4-5-7-38(35)64(60,62-2)63-3)52-18-15-30(16-19-52)53-20-22-54(23-21-53)40(57)14-17-46-29-8-10-32-28(24-29)27-55(43(32)59)36-12-13-39(56)50-42(36)58/h4-11,24-26,30,36,46H,12-23,27H2,1-3H3,(H,50,56,58)(H2,47,48,49,51). The lowest BCUT2D eigenvalue weighted by Crippen LogP contribution is -2.54. The Labute approximate surface area is 376 Å². The maximum Gasteiger partial charge on any atom is 0.362 e. The third-order valence-electron chi connectivity index (χ3n) is 12.3. The number of carbonyl (C=O) groups is 4. The summed E-state index contributed by atoms with van der Waals surface area (Å²) >= 11 is 6.48. The summed E-state index contributed by atoms with van der Waals surface area (Å²) in [4.78, 5) is 67.5. The van der Waals surface area contributed by atoms with Crippen molar-refractivity contribution in [1.82, 2.24) is 30.0 Å². The van der Waals surface area contributed by atoms with Crippen LogP contribution in [0.1, 0.15) is 48.0 Å². The predicted octanol–water partition coefficient (Wildman–Crippen LogP) is 5.11. The molecule has 4 aliphatic heterocycles. The van der Waals surface area contributed by atoms with Crippen LogP contribution in [0, 0.1) is 0 Å². The second-order valence-electron chi connectivity index (χ2n) is 16.0. The molecule has 4 aromatic rings. The minimum atomic E-state index is -3.57. The molecule has 3 aromatic carbocycles. The number of piperidine rings is 2. The number of rotatable bonds is 15. The molecule has 338 valence electrons. The summed E-state index contributed by atoms with van der Waals surface area (Å²) in [6.45, 7) is 5.57. The highest BCUT2D eigenvalue weighted by molar-refractivity contribution is 7.62. The minimum absolute atomic E-state index is 0.109. The number of anilines is 6. The Kier molecular flexibility index (Phi) is 13.7. The number of hydrogen-bond acceptors (Lipinski definition) is 15. The molecule has 4 amide bonds. The van der Waals surface area contributed by atoms with E-state index < -0.39 is 19.5 Å². The van der Waals surface area contributed by atoms with Crippen molar-refractivity contribution in [1.29, 1.82) is 0 Å². The number of ether oxygens (including phenoxy) is 1. The molecule has 4 aliphatic rings. The van der Waals surface area contributed by atoms with E-state index in [4.69, 9.17) is 25.4 Å². The first-order valence-electron chi connectivity index (χ1n) is 21.3. The van der Waals surface area contributed by atoms with Gasteiger partial charge < -0.3 is 44.4 Å². The number of aromatic nitrogens is 2. The second-order valence-corrected chi connectivity index (χ2v) is 18.6. The van der Waals surface area contributed by atoms with E-state index in [1.165, 1.54) is 25.3 Å². The fourth-order valence-corrected chi connectivity index (χ4v) is 10.2. The van der Waals surface area contributed by atoms with Crippen LogP contribution in [0.2, 0.25) is 5.02 Å². The number of para-hydroxylation sites is 1. The Bertz CT molecular complexity index is 2450. The number of fused-ring (bicyclic) bond motifs is 1. The maximum atomic E-state index is 13.2. The van der Waals surface area contributed by atoms with E-state index in [2.05, 4.69) is 41.0 Å². The molecule has 1 atom stereocenters. The number of benzene rings is 3. The van der Waals surface area contributed by atoms with Gasteiger partial charge in [0.15, 0.2) is 5.82 Å². The lowest BCUT2D eigenvalue weighted by molar-refractivity contribution is -0.137. The van der Waals surface area contributed by atoms with Gasteiger partial charge in [-0.25, -0.2) is 4.98 Å². The van der Waals surface area contributed by atoms with Crippen LogP contribution in [0.15, 0.2) is 66.9 Å². The summed E-state index contributed by atoms with van der Waals surface area (Å²) in [5.74, 6) is 0.343. The van der Waals surface area contributed by atoms with Crippen molar-refractivity contribution in [2.75, 3.05) is 88.0 Å². The largest absolute Gasteiger partial charge is 0.494 e. The lowest BCUT2D eigenvalue weighted by Gasteiger charge is -2.43. The number of carbonyl (C=O) groups excluding carboxylic acids is 4. The Morgan fingerprint density at radius 2 is 1.67 bits per heavy atom. The summed E-state index contributed by atoms with van der Waals surface area (Å²) < 4.78 is 29.4. The smallest absolute Gasteiger partial charge is 0.362 e. The zero-order valence-corrected chi connectivity index (χ0v) is 37.6. The Balaban J connectivity index is 0.787. The number of hydrogen-bond donors (Lipinski definition) is 4. The van der Waals surface area contributed by atoms with Crippen LogP contribution in [-0.2, 0) is 34.5 Å². The predicted molar refractivity (Wildman–Crippen MR) is 243 cm³/mol. The molecule has 20 heteroatoms. The summed E-state index contributed by atoms with van der Waals surface area (Å²) in [6, 6.07) is 18.2. The van der Waals surface area contributed by atoms with Crippen LogP contribution in [0.3, 0.4) is 0 Å². The van der Waals surface area contributed by atoms with Crippen molar-refractivity contribution >= 4 is 82.6 Å². The van der Waals surface area contributed by atoms with Gasteiger partial charge in [-0.1, -0.05) is 23.7 Å². The van der Waals surface area contributed by atoms with E-state index in [-0.39, 0.29) is 35.1 Å². The van der Waals surface area contributed by atoms with Gasteiger partial charge in [0, 0.05) is 108 Å². The highest BCUT2D eigenvalue weighted by atomic mass is 35.5. The summed E-state index contributed by atoms with van der Waals surface area (Å²) in [6.07, 6.45) is 4.35. The van der Waals surface area contributed by atoms with Gasteiger partial charge in [-0.3, -0.25) is 34.0 Å². The highest BCUT2D eigenvalue weighted by Gasteiger charge is 2.39. The van der Waals surface area contributed by atoms with Crippen LogP contribution in [0.5, 0.6) is 5.75 Å². The normalized spacial score (nSPS) is 18.5. The maximum absolute atomic E-state index is 13.2. The molecule has 18 nitrogen and oxygen atoms in total.